The van der Waals surface area contributed by atoms with Crippen molar-refractivity contribution in [2.75, 3.05) is 73.2 Å². The first-order valence-corrected chi connectivity index (χ1v) is 21.9. The highest BCUT2D eigenvalue weighted by Gasteiger charge is 2.75. The molecule has 0 atom stereocenters. The molecule has 24 heteroatoms. The van der Waals surface area contributed by atoms with Crippen LogP contribution < -0.4 is 9.47 Å². The van der Waals surface area contributed by atoms with Gasteiger partial charge in [0.05, 0.1) is 13.2 Å². The molecule has 0 aliphatic heterocycles. The summed E-state index contributed by atoms with van der Waals surface area (Å²) in [5.41, 5.74) is 0.811. The molecular weight excluding hydrogens is 1020 g/mol. The van der Waals surface area contributed by atoms with Crippen molar-refractivity contribution in [2.45, 2.75) is 63.7 Å². The summed E-state index contributed by atoms with van der Waals surface area (Å²) in [6, 6.07) is 18.7. The zero-order valence-electron chi connectivity index (χ0n) is 41.9. The molecule has 0 aliphatic carbocycles. The van der Waals surface area contributed by atoms with Crippen molar-refractivity contribution in [1.29, 1.82) is 0 Å². The van der Waals surface area contributed by atoms with E-state index in [1.165, 1.54) is 6.08 Å². The highest BCUT2D eigenvalue weighted by Crippen LogP contribution is 2.48. The van der Waals surface area contributed by atoms with Gasteiger partial charge in [-0.1, -0.05) is 75.9 Å². The molecule has 0 heterocycles. The Morgan fingerprint density at radius 3 is 1.29 bits per heavy atom. The summed E-state index contributed by atoms with van der Waals surface area (Å²) in [6.45, 7) is 22.7. The summed E-state index contributed by atoms with van der Waals surface area (Å²) in [6.07, 6.45) is 1.16. The minimum Gasteiger partial charge on any atom is -0.490 e. The van der Waals surface area contributed by atoms with Crippen LogP contribution in [0.5, 0.6) is 11.5 Å². The van der Waals surface area contributed by atoms with Crippen molar-refractivity contribution in [3.63, 3.8) is 0 Å². The normalized spacial score (nSPS) is 10.2. The topological polar surface area (TPSA) is 217 Å². The van der Waals surface area contributed by atoms with Gasteiger partial charge in [0.2, 0.25) is 0 Å². The van der Waals surface area contributed by atoms with Gasteiger partial charge in [-0.15, -0.1) is 0 Å². The molecule has 16 nitrogen and oxygen atoms in total. The summed E-state index contributed by atoms with van der Waals surface area (Å²) in [7, 11) is 1.55. The van der Waals surface area contributed by atoms with Crippen LogP contribution >= 0.6 is 0 Å². The van der Waals surface area contributed by atoms with Gasteiger partial charge in [-0.3, -0.25) is 4.79 Å². The van der Waals surface area contributed by atoms with E-state index in [4.69, 9.17) is 29.2 Å². The molecule has 422 valence electrons. The van der Waals surface area contributed by atoms with Crippen LogP contribution in [0, 0.1) is 0 Å². The molecule has 2 rings (SSSR count). The maximum absolute atomic E-state index is 12.7. The molecule has 0 aromatic heterocycles. The number of halogens is 8. The number of ketones is 1. The number of allylic oxidation sites excluding steroid dienone is 1. The highest BCUT2D eigenvalue weighted by molar-refractivity contribution is 5.89. The lowest BCUT2D eigenvalue weighted by molar-refractivity contribution is -0.344. The SMILES string of the molecule is C=C(C)C(=O)OCCOC.C=C(C)C(=O)OCCOc1ccccc1.C=CC(=O)CCCO.C=CC(=O)OCC(F)(F)C(F)(F)C(F)(F)C(F)F.C=CC(=O)OCCCCO.C=CC(=O)OCCOc1ccccc1. The number of methoxy groups -OCH3 is 1. The number of esters is 5. The van der Waals surface area contributed by atoms with E-state index < -0.39 is 48.7 Å². The quantitative estimate of drug-likeness (QED) is 0.0256. The lowest BCUT2D eigenvalue weighted by Gasteiger charge is -2.31. The maximum atomic E-state index is 12.7. The Hall–Kier alpha value is -7.18. The van der Waals surface area contributed by atoms with E-state index in [-0.39, 0.29) is 44.1 Å². The van der Waals surface area contributed by atoms with Crippen LogP contribution in [-0.4, -0.2) is 143 Å². The second-order valence-electron chi connectivity index (χ2n) is 13.8. The minimum absolute atomic E-state index is 0.000880. The zero-order chi connectivity index (χ0) is 58.3. The molecule has 2 aromatic carbocycles. The summed E-state index contributed by atoms with van der Waals surface area (Å²) in [5.74, 6) is -19.9. The number of rotatable bonds is 29. The van der Waals surface area contributed by atoms with Crippen molar-refractivity contribution >= 4 is 35.6 Å². The fourth-order valence-corrected chi connectivity index (χ4v) is 3.65. The third-order valence-corrected chi connectivity index (χ3v) is 7.54. The number of ether oxygens (including phenoxy) is 8. The number of hydrogen-bond donors (Lipinski definition) is 2. The van der Waals surface area contributed by atoms with Gasteiger partial charge in [0.15, 0.2) is 12.4 Å². The number of aliphatic hydroxyl groups excluding tert-OH is 2. The molecule has 2 aromatic rings. The predicted octanol–water partition coefficient (Wildman–Crippen LogP) is 8.62. The average Bonchev–Trinajstić information content (AvgIpc) is 3.39. The van der Waals surface area contributed by atoms with E-state index in [1.807, 2.05) is 60.7 Å². The zero-order valence-corrected chi connectivity index (χ0v) is 41.9. The Morgan fingerprint density at radius 2 is 0.933 bits per heavy atom. The monoisotopic (exact) mass is 1090 g/mol. The molecule has 0 aliphatic rings. The molecule has 0 fully saturated rings. The first-order chi connectivity index (χ1) is 35.2. The smallest absolute Gasteiger partial charge is 0.381 e. The third kappa shape index (κ3) is 40.0. The molecule has 0 amide bonds. The van der Waals surface area contributed by atoms with Gasteiger partial charge in [-0.05, 0) is 63.5 Å². The number of unbranched alkanes of at least 4 members (excludes halogenated alkanes) is 1. The lowest BCUT2D eigenvalue weighted by atomic mass is 10.1. The Balaban J connectivity index is -0.000000411. The molecule has 0 radical (unpaired) electrons. The minimum atomic E-state index is -6.38. The van der Waals surface area contributed by atoms with E-state index >= 15 is 0 Å². The van der Waals surface area contributed by atoms with Gasteiger partial charge in [0.1, 0.15) is 44.5 Å². The van der Waals surface area contributed by atoms with Crippen molar-refractivity contribution in [3.05, 3.63) is 136 Å². The molecule has 0 spiro atoms. The van der Waals surface area contributed by atoms with Crippen LogP contribution in [0.2, 0.25) is 0 Å². The molecule has 0 saturated heterocycles. The summed E-state index contributed by atoms with van der Waals surface area (Å²) < 4.78 is 136. The van der Waals surface area contributed by atoms with Crippen molar-refractivity contribution in [3.8, 4) is 11.5 Å². The van der Waals surface area contributed by atoms with Crippen molar-refractivity contribution in [2.24, 2.45) is 0 Å². The van der Waals surface area contributed by atoms with Crippen LogP contribution in [0.25, 0.3) is 0 Å². The predicted molar refractivity (Wildman–Crippen MR) is 259 cm³/mol. The maximum Gasteiger partial charge on any atom is 0.381 e. The molecule has 75 heavy (non-hydrogen) atoms. The van der Waals surface area contributed by atoms with E-state index in [1.54, 1.807) is 21.0 Å². The summed E-state index contributed by atoms with van der Waals surface area (Å²) >= 11 is 0. The van der Waals surface area contributed by atoms with Gasteiger partial charge < -0.3 is 48.1 Å². The first kappa shape index (κ1) is 74.3. The highest BCUT2D eigenvalue weighted by atomic mass is 19.4. The van der Waals surface area contributed by atoms with Crippen molar-refractivity contribution < 1.29 is 112 Å². The largest absolute Gasteiger partial charge is 0.490 e. The molecule has 0 saturated carbocycles. The average molecular weight is 1090 g/mol. The van der Waals surface area contributed by atoms with E-state index in [0.717, 1.165) is 23.7 Å². The van der Waals surface area contributed by atoms with E-state index in [0.29, 0.717) is 75.9 Å². The molecule has 0 bridgehead atoms. The van der Waals surface area contributed by atoms with Crippen molar-refractivity contribution in [1.82, 2.24) is 0 Å². The second-order valence-corrected chi connectivity index (χ2v) is 13.8. The molecule has 2 N–H and O–H groups in total. The van der Waals surface area contributed by atoms with E-state index in [2.05, 4.69) is 58.4 Å². The van der Waals surface area contributed by atoms with Crippen LogP contribution in [0.3, 0.4) is 0 Å². The van der Waals surface area contributed by atoms with Crippen LogP contribution in [0.15, 0.2) is 136 Å². The summed E-state index contributed by atoms with van der Waals surface area (Å²) in [4.78, 5) is 63.3. The van der Waals surface area contributed by atoms with E-state index in [9.17, 15) is 63.9 Å². The first-order valence-electron chi connectivity index (χ1n) is 21.9. The molecule has 0 unspecified atom stereocenters. The fourth-order valence-electron chi connectivity index (χ4n) is 3.65. The standard InChI is InChI=1S/C12H14O3.C11H12O3.C8H6F8O2.2C7H12O3.C6H10O2/c1-10(2)12(13)15-9-8-14-11-6-4-3-5-7-11;1-2-11(12)14-9-8-13-10-6-4-3-5-7-10;1-2-4(17)18-3-6(11,12)8(15,16)7(13,14)5(9)10;1-6(2)7(8)10-5-4-9-3;1-2-7(9)10-6-4-3-5-8;1-2-6(8)4-3-5-7/h3-7H,1,8-9H2,2H3;2-7H,1,8-9H2;2,5H,1,3H2;1,4-5H2,2-3H3;2,8H,1,3-6H2;2,7H,1,3-5H2. The van der Waals surface area contributed by atoms with Gasteiger partial charge in [0.25, 0.3) is 0 Å². The number of hydrogen-bond acceptors (Lipinski definition) is 16. The number of benzene rings is 2. The van der Waals surface area contributed by atoms with Gasteiger partial charge in [-0.2, -0.15) is 26.3 Å². The lowest BCUT2D eigenvalue weighted by Crippen LogP contribution is -2.59. The Morgan fingerprint density at radius 1 is 0.547 bits per heavy atom. The Bertz CT molecular complexity index is 1980. The molecular formula is C51H66F8O16. The van der Waals surface area contributed by atoms with Gasteiger partial charge >= 0.3 is 54.0 Å². The fraction of sp³-hybridized carbons (Fsp3) is 0.412. The number of aliphatic hydroxyl groups is 2. The van der Waals surface area contributed by atoms with Crippen LogP contribution in [0.1, 0.15) is 39.5 Å². The van der Waals surface area contributed by atoms with Crippen LogP contribution in [0.4, 0.5) is 35.1 Å². The van der Waals surface area contributed by atoms with Gasteiger partial charge in [-0.25, -0.2) is 32.8 Å². The third-order valence-electron chi connectivity index (χ3n) is 7.54. The Kier molecular flexibility index (Phi) is 45.0. The number of alkyl halides is 8. The summed E-state index contributed by atoms with van der Waals surface area (Å²) in [5, 5.41) is 16.6. The number of para-hydroxylation sites is 2. The number of carbonyl (C=O) groups is 6. The Labute approximate surface area is 430 Å². The van der Waals surface area contributed by atoms with Crippen LogP contribution in [-0.2, 0) is 57.2 Å². The van der Waals surface area contributed by atoms with Gasteiger partial charge in [0, 0.05) is 56.1 Å². The number of carbonyl (C=O) groups excluding carboxylic acids is 6. The second kappa shape index (κ2) is 45.4.